The van der Waals surface area contributed by atoms with Crippen LogP contribution in [0.3, 0.4) is 0 Å². The van der Waals surface area contributed by atoms with E-state index in [1.807, 2.05) is 41.1 Å². The fourth-order valence-corrected chi connectivity index (χ4v) is 3.60. The molecule has 28 heavy (non-hydrogen) atoms. The number of thiophene rings is 1. The van der Waals surface area contributed by atoms with Gasteiger partial charge in [-0.05, 0) is 58.8 Å². The number of carbonyl (C=O) groups excluding carboxylic acids is 2. The van der Waals surface area contributed by atoms with Crippen LogP contribution in [0.4, 0.5) is 5.69 Å². The Bertz CT molecular complexity index is 1120. The summed E-state index contributed by atoms with van der Waals surface area (Å²) < 4.78 is 1.59. The number of nitrogens with two attached hydrogens (primary N) is 1. The van der Waals surface area contributed by atoms with Crippen molar-refractivity contribution in [1.82, 2.24) is 15.0 Å². The average molecular weight is 391 g/mol. The van der Waals surface area contributed by atoms with Crippen LogP contribution in [-0.2, 0) is 17.9 Å². The number of primary amides is 1. The second-order valence-electron chi connectivity index (χ2n) is 6.26. The highest BCUT2D eigenvalue weighted by molar-refractivity contribution is 7.07. The quantitative estimate of drug-likeness (QED) is 0.547. The largest absolute Gasteiger partial charge is 0.366 e. The Labute approximate surface area is 165 Å². The minimum Gasteiger partial charge on any atom is -0.366 e. The van der Waals surface area contributed by atoms with Crippen LogP contribution in [0.1, 0.15) is 15.9 Å². The second kappa shape index (κ2) is 7.61. The van der Waals surface area contributed by atoms with Gasteiger partial charge >= 0.3 is 0 Å². The van der Waals surface area contributed by atoms with Gasteiger partial charge in [-0.15, -0.1) is 5.10 Å². The molecule has 2 aromatic carbocycles. The summed E-state index contributed by atoms with van der Waals surface area (Å²) in [6.07, 6.45) is 0. The normalized spacial score (nSPS) is 10.9. The summed E-state index contributed by atoms with van der Waals surface area (Å²) in [7, 11) is 0. The van der Waals surface area contributed by atoms with E-state index in [9.17, 15) is 9.59 Å². The number of hydrogen-bond acceptors (Lipinski definition) is 5. The first-order chi connectivity index (χ1) is 13.6. The standard InChI is InChI=1S/C20H17N5O2S/c21-20(27)15-5-7-16(8-6-15)24(11-14-9-10-28-13-14)19(26)12-25-18-4-2-1-3-17(18)22-23-25/h1-10,13H,11-12H2,(H2,21,27). The van der Waals surface area contributed by atoms with Gasteiger partial charge in [0.2, 0.25) is 11.8 Å². The van der Waals surface area contributed by atoms with Crippen LogP contribution in [0.5, 0.6) is 0 Å². The monoisotopic (exact) mass is 391 g/mol. The first-order valence-corrected chi connectivity index (χ1v) is 9.55. The number of anilines is 1. The van der Waals surface area contributed by atoms with E-state index in [0.29, 0.717) is 17.8 Å². The molecule has 4 aromatic rings. The molecule has 0 spiro atoms. The molecule has 0 aliphatic heterocycles. The summed E-state index contributed by atoms with van der Waals surface area (Å²) in [6.45, 7) is 0.479. The predicted octanol–water partition coefficient (Wildman–Crippen LogP) is 2.83. The Balaban J connectivity index is 1.64. The Morgan fingerprint density at radius 3 is 2.57 bits per heavy atom. The molecule has 0 atom stereocenters. The highest BCUT2D eigenvalue weighted by Gasteiger charge is 2.19. The number of rotatable bonds is 6. The average Bonchev–Trinajstić information content (AvgIpc) is 3.36. The van der Waals surface area contributed by atoms with Gasteiger partial charge in [0.15, 0.2) is 0 Å². The summed E-state index contributed by atoms with van der Waals surface area (Å²) in [5.74, 6) is -0.634. The third kappa shape index (κ3) is 3.63. The molecule has 2 amide bonds. The van der Waals surface area contributed by atoms with Crippen LogP contribution in [0.2, 0.25) is 0 Å². The molecule has 140 valence electrons. The van der Waals surface area contributed by atoms with Crippen LogP contribution in [-0.4, -0.2) is 26.8 Å². The van der Waals surface area contributed by atoms with E-state index in [1.54, 1.807) is 45.2 Å². The third-order valence-electron chi connectivity index (χ3n) is 4.39. The van der Waals surface area contributed by atoms with E-state index in [0.717, 1.165) is 16.6 Å². The molecule has 0 fully saturated rings. The number of fused-ring (bicyclic) bond motifs is 1. The fourth-order valence-electron chi connectivity index (χ4n) is 2.94. The minimum atomic E-state index is -0.503. The highest BCUT2D eigenvalue weighted by atomic mass is 32.1. The van der Waals surface area contributed by atoms with Gasteiger partial charge in [0.1, 0.15) is 12.1 Å². The number of hydrogen-bond donors (Lipinski definition) is 1. The number of benzene rings is 2. The molecule has 0 bridgehead atoms. The zero-order valence-electron chi connectivity index (χ0n) is 14.9. The first kappa shape index (κ1) is 17.9. The molecule has 0 unspecified atom stereocenters. The Hall–Kier alpha value is -3.52. The SMILES string of the molecule is NC(=O)c1ccc(N(Cc2ccsc2)C(=O)Cn2nnc3ccccc32)cc1. The topological polar surface area (TPSA) is 94.1 Å². The summed E-state index contributed by atoms with van der Waals surface area (Å²) >= 11 is 1.58. The number of aromatic nitrogens is 3. The van der Waals surface area contributed by atoms with Crippen LogP contribution in [0.25, 0.3) is 11.0 Å². The third-order valence-corrected chi connectivity index (χ3v) is 5.12. The number of para-hydroxylation sites is 1. The smallest absolute Gasteiger partial charge is 0.249 e. The molecule has 0 saturated carbocycles. The van der Waals surface area contributed by atoms with E-state index in [-0.39, 0.29) is 12.5 Å². The lowest BCUT2D eigenvalue weighted by molar-refractivity contribution is -0.119. The van der Waals surface area contributed by atoms with Crippen LogP contribution < -0.4 is 10.6 Å². The lowest BCUT2D eigenvalue weighted by Crippen LogP contribution is -2.33. The maximum Gasteiger partial charge on any atom is 0.249 e. The lowest BCUT2D eigenvalue weighted by atomic mass is 10.1. The van der Waals surface area contributed by atoms with Crippen molar-refractivity contribution in [1.29, 1.82) is 0 Å². The number of nitrogens with zero attached hydrogens (tertiary/aromatic N) is 4. The summed E-state index contributed by atoms with van der Waals surface area (Å²) in [6, 6.07) is 16.2. The van der Waals surface area contributed by atoms with Gasteiger partial charge < -0.3 is 10.6 Å². The molecule has 0 aliphatic carbocycles. The van der Waals surface area contributed by atoms with Crippen molar-refractivity contribution in [3.05, 3.63) is 76.5 Å². The second-order valence-corrected chi connectivity index (χ2v) is 7.04. The van der Waals surface area contributed by atoms with Crippen molar-refractivity contribution in [2.75, 3.05) is 4.90 Å². The summed E-state index contributed by atoms with van der Waals surface area (Å²) in [5.41, 5.74) is 8.97. The molecule has 8 heteroatoms. The molecule has 7 nitrogen and oxygen atoms in total. The van der Waals surface area contributed by atoms with Gasteiger partial charge in [-0.3, -0.25) is 9.59 Å². The molecule has 2 N–H and O–H groups in total. The zero-order valence-corrected chi connectivity index (χ0v) is 15.7. The molecule has 0 radical (unpaired) electrons. The zero-order chi connectivity index (χ0) is 19.5. The number of carbonyl (C=O) groups is 2. The minimum absolute atomic E-state index is 0.0578. The van der Waals surface area contributed by atoms with Crippen LogP contribution in [0.15, 0.2) is 65.4 Å². The van der Waals surface area contributed by atoms with Gasteiger partial charge in [0.25, 0.3) is 0 Å². The molecule has 0 saturated heterocycles. The maximum atomic E-state index is 13.1. The van der Waals surface area contributed by atoms with Crippen LogP contribution >= 0.6 is 11.3 Å². The maximum absolute atomic E-state index is 13.1. The van der Waals surface area contributed by atoms with Crippen LogP contribution in [0, 0.1) is 0 Å². The van der Waals surface area contributed by atoms with E-state index < -0.39 is 5.91 Å². The molecule has 0 aliphatic rings. The van der Waals surface area contributed by atoms with Crippen molar-refractivity contribution in [2.45, 2.75) is 13.1 Å². The predicted molar refractivity (Wildman–Crippen MR) is 108 cm³/mol. The van der Waals surface area contributed by atoms with Crippen molar-refractivity contribution in [3.63, 3.8) is 0 Å². The Kier molecular flexibility index (Phi) is 4.86. The van der Waals surface area contributed by atoms with Gasteiger partial charge in [-0.1, -0.05) is 17.3 Å². The van der Waals surface area contributed by atoms with Gasteiger partial charge in [0.05, 0.1) is 12.1 Å². The molecular formula is C20H17N5O2S. The Morgan fingerprint density at radius 1 is 1.07 bits per heavy atom. The first-order valence-electron chi connectivity index (χ1n) is 8.61. The van der Waals surface area contributed by atoms with Gasteiger partial charge in [-0.25, -0.2) is 4.68 Å². The lowest BCUT2D eigenvalue weighted by Gasteiger charge is -2.23. The van der Waals surface area contributed by atoms with Crippen molar-refractivity contribution in [3.8, 4) is 0 Å². The summed E-state index contributed by atoms with van der Waals surface area (Å²) in [5, 5.41) is 12.2. The molecule has 2 heterocycles. The van der Waals surface area contributed by atoms with E-state index in [2.05, 4.69) is 10.3 Å². The van der Waals surface area contributed by atoms with E-state index >= 15 is 0 Å². The highest BCUT2D eigenvalue weighted by Crippen LogP contribution is 2.21. The Morgan fingerprint density at radius 2 is 1.86 bits per heavy atom. The molecule has 4 rings (SSSR count). The van der Waals surface area contributed by atoms with Gasteiger partial charge in [0, 0.05) is 11.3 Å². The van der Waals surface area contributed by atoms with Crippen molar-refractivity contribution < 1.29 is 9.59 Å². The molecule has 2 aromatic heterocycles. The fraction of sp³-hybridized carbons (Fsp3) is 0.100. The van der Waals surface area contributed by atoms with E-state index in [1.165, 1.54) is 0 Å². The van der Waals surface area contributed by atoms with Crippen molar-refractivity contribution in [2.24, 2.45) is 5.73 Å². The number of amides is 2. The van der Waals surface area contributed by atoms with E-state index in [4.69, 9.17) is 5.73 Å². The summed E-state index contributed by atoms with van der Waals surface area (Å²) in [4.78, 5) is 26.2. The van der Waals surface area contributed by atoms with Gasteiger partial charge in [-0.2, -0.15) is 11.3 Å². The molecular weight excluding hydrogens is 374 g/mol. The van der Waals surface area contributed by atoms with Crippen molar-refractivity contribution >= 4 is 39.9 Å².